The molecule has 0 bridgehead atoms. The molecule has 6 heteroatoms. The van der Waals surface area contributed by atoms with Gasteiger partial charge in [-0.15, -0.1) is 0 Å². The predicted molar refractivity (Wildman–Crippen MR) is 151 cm³/mol. The summed E-state index contributed by atoms with van der Waals surface area (Å²) in [5, 5.41) is 0. The van der Waals surface area contributed by atoms with Crippen LogP contribution in [0.15, 0.2) is 93.1 Å². The first kappa shape index (κ1) is 28.3. The average molecular weight is 517 g/mol. The molecule has 0 saturated carbocycles. The van der Waals surface area contributed by atoms with E-state index in [9.17, 15) is 0 Å². The smallest absolute Gasteiger partial charge is 0.168 e. The van der Waals surface area contributed by atoms with Crippen molar-refractivity contribution in [2.75, 3.05) is 19.8 Å². The first-order chi connectivity index (χ1) is 18.5. The number of hydrogen-bond donors (Lipinski definition) is 0. The lowest BCUT2D eigenvalue weighted by Crippen LogP contribution is -2.28. The average Bonchev–Trinajstić information content (AvgIpc) is 2.92. The summed E-state index contributed by atoms with van der Waals surface area (Å²) < 4.78 is 36.0. The van der Waals surface area contributed by atoms with Crippen LogP contribution in [-0.2, 0) is 5.41 Å². The molecule has 0 aliphatic carbocycles. The molecule has 0 aliphatic heterocycles. The quantitative estimate of drug-likeness (QED) is 0.152. The Bertz CT molecular complexity index is 1110. The van der Waals surface area contributed by atoms with Crippen LogP contribution in [0.5, 0.6) is 34.5 Å². The van der Waals surface area contributed by atoms with E-state index in [2.05, 4.69) is 26.7 Å². The van der Waals surface area contributed by atoms with Gasteiger partial charge in [0.1, 0.15) is 0 Å². The molecule has 38 heavy (non-hydrogen) atoms. The summed E-state index contributed by atoms with van der Waals surface area (Å²) in [6.07, 6.45) is 4.15. The highest BCUT2D eigenvalue weighted by molar-refractivity contribution is 5.67. The van der Waals surface area contributed by atoms with E-state index in [1.807, 2.05) is 75.4 Å². The van der Waals surface area contributed by atoms with Gasteiger partial charge in [0.25, 0.3) is 0 Å². The number of hydrogen-bond acceptors (Lipinski definition) is 6. The third-order valence-corrected chi connectivity index (χ3v) is 6.05. The highest BCUT2D eigenvalue weighted by atomic mass is 16.5. The van der Waals surface area contributed by atoms with Crippen molar-refractivity contribution in [1.29, 1.82) is 0 Å². The van der Waals surface area contributed by atoms with Gasteiger partial charge >= 0.3 is 0 Å². The van der Waals surface area contributed by atoms with Crippen LogP contribution in [0.2, 0.25) is 0 Å². The third-order valence-electron chi connectivity index (χ3n) is 6.05. The molecule has 0 amide bonds. The van der Waals surface area contributed by atoms with Crippen LogP contribution in [-0.4, -0.2) is 19.8 Å². The lowest BCUT2D eigenvalue weighted by Gasteiger charge is -2.36. The highest BCUT2D eigenvalue weighted by Crippen LogP contribution is 2.54. The standard InChI is InChI=1S/C32H36O6/c1-8-33-26-20-14-17-23(29(26)36-11-4)32(7,24-18-15-21-27(34-9-2)30(24)37-12-5)25-19-16-22-28(35-10-3)31(25)38-13-6/h8-10,14-22H,1-3,11-13H2,4-7H3. The zero-order chi connectivity index (χ0) is 27.5. The summed E-state index contributed by atoms with van der Waals surface area (Å²) in [4.78, 5) is 0. The number of benzene rings is 3. The molecular weight excluding hydrogens is 480 g/mol. The van der Waals surface area contributed by atoms with Crippen LogP contribution >= 0.6 is 0 Å². The van der Waals surface area contributed by atoms with Gasteiger partial charge < -0.3 is 28.4 Å². The van der Waals surface area contributed by atoms with E-state index in [-0.39, 0.29) is 0 Å². The van der Waals surface area contributed by atoms with Crippen LogP contribution in [0.3, 0.4) is 0 Å². The summed E-state index contributed by atoms with van der Waals surface area (Å²) in [6, 6.07) is 17.3. The Labute approximate surface area is 225 Å². The lowest BCUT2D eigenvalue weighted by molar-refractivity contribution is 0.299. The van der Waals surface area contributed by atoms with Crippen molar-refractivity contribution in [3.8, 4) is 34.5 Å². The fourth-order valence-electron chi connectivity index (χ4n) is 4.59. The van der Waals surface area contributed by atoms with Crippen LogP contribution in [0.1, 0.15) is 44.4 Å². The second-order valence-electron chi connectivity index (χ2n) is 8.18. The zero-order valence-corrected chi connectivity index (χ0v) is 22.6. The molecule has 6 nitrogen and oxygen atoms in total. The first-order valence-electron chi connectivity index (χ1n) is 12.6. The Morgan fingerprint density at radius 3 is 1.08 bits per heavy atom. The van der Waals surface area contributed by atoms with Crippen molar-refractivity contribution in [1.82, 2.24) is 0 Å². The van der Waals surface area contributed by atoms with Crippen LogP contribution in [0, 0.1) is 0 Å². The van der Waals surface area contributed by atoms with E-state index in [1.165, 1.54) is 18.8 Å². The molecule has 3 aromatic carbocycles. The molecule has 0 radical (unpaired) electrons. The van der Waals surface area contributed by atoms with Crippen molar-refractivity contribution < 1.29 is 28.4 Å². The molecule has 0 aliphatic rings. The molecule has 0 aromatic heterocycles. The zero-order valence-electron chi connectivity index (χ0n) is 22.6. The molecule has 200 valence electrons. The second kappa shape index (κ2) is 13.3. The van der Waals surface area contributed by atoms with Gasteiger partial charge in [0.2, 0.25) is 0 Å². The first-order valence-corrected chi connectivity index (χ1v) is 12.6. The summed E-state index contributed by atoms with van der Waals surface area (Å²) in [6.45, 7) is 20.4. The molecular formula is C32H36O6. The van der Waals surface area contributed by atoms with E-state index < -0.39 is 5.41 Å². The van der Waals surface area contributed by atoms with Gasteiger partial charge in [-0.25, -0.2) is 0 Å². The van der Waals surface area contributed by atoms with Gasteiger partial charge in [0, 0.05) is 16.7 Å². The van der Waals surface area contributed by atoms with Crippen LogP contribution in [0.25, 0.3) is 0 Å². The second-order valence-corrected chi connectivity index (χ2v) is 8.18. The summed E-state index contributed by atoms with van der Waals surface area (Å²) >= 11 is 0. The minimum absolute atomic E-state index is 0.427. The minimum atomic E-state index is -0.902. The van der Waals surface area contributed by atoms with Crippen molar-refractivity contribution in [2.45, 2.75) is 33.1 Å². The minimum Gasteiger partial charge on any atom is -0.490 e. The predicted octanol–water partition coefficient (Wildman–Crippen LogP) is 7.80. The van der Waals surface area contributed by atoms with Crippen LogP contribution in [0.4, 0.5) is 0 Å². The van der Waals surface area contributed by atoms with E-state index in [0.29, 0.717) is 54.3 Å². The summed E-state index contributed by atoms with van der Waals surface area (Å²) in [7, 11) is 0. The molecule has 3 rings (SSSR count). The number of ether oxygens (including phenoxy) is 6. The van der Waals surface area contributed by atoms with Crippen LogP contribution < -0.4 is 28.4 Å². The van der Waals surface area contributed by atoms with E-state index in [1.54, 1.807) is 0 Å². The molecule has 0 unspecified atom stereocenters. The maximum absolute atomic E-state index is 6.22. The fourth-order valence-corrected chi connectivity index (χ4v) is 4.59. The van der Waals surface area contributed by atoms with Gasteiger partial charge in [-0.05, 0) is 45.9 Å². The molecule has 0 atom stereocenters. The lowest BCUT2D eigenvalue weighted by atomic mass is 9.69. The van der Waals surface area contributed by atoms with Gasteiger partial charge in [0.15, 0.2) is 34.5 Å². The molecule has 0 heterocycles. The molecule has 0 N–H and O–H groups in total. The van der Waals surface area contributed by atoms with Crippen molar-refractivity contribution in [3.05, 3.63) is 110 Å². The Kier molecular flexibility index (Phi) is 9.88. The maximum atomic E-state index is 6.22. The Balaban J connectivity index is 2.54. The molecule has 0 fully saturated rings. The third kappa shape index (κ3) is 5.49. The Morgan fingerprint density at radius 1 is 0.553 bits per heavy atom. The number of para-hydroxylation sites is 3. The normalized spacial score (nSPS) is 10.7. The van der Waals surface area contributed by atoms with E-state index in [4.69, 9.17) is 28.4 Å². The van der Waals surface area contributed by atoms with Gasteiger partial charge in [-0.2, -0.15) is 0 Å². The van der Waals surface area contributed by atoms with Crippen molar-refractivity contribution in [2.24, 2.45) is 0 Å². The Hall–Kier alpha value is -4.32. The van der Waals surface area contributed by atoms with Gasteiger partial charge in [-0.1, -0.05) is 56.1 Å². The van der Waals surface area contributed by atoms with Crippen molar-refractivity contribution in [3.63, 3.8) is 0 Å². The molecule has 3 aromatic rings. The summed E-state index contributed by atoms with van der Waals surface area (Å²) in [5.41, 5.74) is 1.58. The molecule has 0 saturated heterocycles. The monoisotopic (exact) mass is 516 g/mol. The van der Waals surface area contributed by atoms with E-state index >= 15 is 0 Å². The van der Waals surface area contributed by atoms with Gasteiger partial charge in [-0.3, -0.25) is 0 Å². The fraction of sp³-hybridized carbons (Fsp3) is 0.250. The number of rotatable bonds is 15. The van der Waals surface area contributed by atoms with Crippen molar-refractivity contribution >= 4 is 0 Å². The Morgan fingerprint density at radius 2 is 0.842 bits per heavy atom. The highest BCUT2D eigenvalue weighted by Gasteiger charge is 2.41. The largest absolute Gasteiger partial charge is 0.490 e. The van der Waals surface area contributed by atoms with Gasteiger partial charge in [0.05, 0.1) is 44.0 Å². The van der Waals surface area contributed by atoms with E-state index in [0.717, 1.165) is 16.7 Å². The summed E-state index contributed by atoms with van der Waals surface area (Å²) in [5.74, 6) is 3.35. The SMILES string of the molecule is C=COc1cccc(C(C)(c2cccc(OC=C)c2OCC)c2cccc(OC=C)c2OCC)c1OCC. The molecule has 0 spiro atoms. The topological polar surface area (TPSA) is 55.4 Å². The maximum Gasteiger partial charge on any atom is 0.168 e.